The van der Waals surface area contributed by atoms with E-state index in [4.69, 9.17) is 14.3 Å². The van der Waals surface area contributed by atoms with E-state index in [1.807, 2.05) is 53.4 Å². The van der Waals surface area contributed by atoms with E-state index in [9.17, 15) is 9.65 Å². The first kappa shape index (κ1) is 22.5. The van der Waals surface area contributed by atoms with Crippen molar-refractivity contribution in [2.45, 2.75) is 31.8 Å². The van der Waals surface area contributed by atoms with Gasteiger partial charge in [0.1, 0.15) is 35.6 Å². The molecule has 6 nitrogen and oxygen atoms in total. The zero-order chi connectivity index (χ0) is 24.2. The van der Waals surface area contributed by atoms with Crippen LogP contribution in [0.4, 0.5) is 4.39 Å². The Bertz CT molecular complexity index is 1330. The molecule has 0 saturated heterocycles. The molecule has 7 heteroatoms. The molecule has 0 spiro atoms. The SMILES string of the molecule is COc1ccc(C2C(C#N)=C(n3cccc3)OC3=C2C(=NOCc2ccc(F)cc2)CCC3)cc1. The summed E-state index contributed by atoms with van der Waals surface area (Å²) in [5.41, 5.74) is 3.88. The molecule has 5 rings (SSSR count). The molecule has 1 aromatic heterocycles. The van der Waals surface area contributed by atoms with Gasteiger partial charge in [0.15, 0.2) is 0 Å². The van der Waals surface area contributed by atoms with Crippen LogP contribution in [-0.4, -0.2) is 17.4 Å². The van der Waals surface area contributed by atoms with Gasteiger partial charge in [-0.3, -0.25) is 4.57 Å². The van der Waals surface area contributed by atoms with E-state index < -0.39 is 0 Å². The smallest absolute Gasteiger partial charge is 0.218 e. The van der Waals surface area contributed by atoms with Gasteiger partial charge >= 0.3 is 0 Å². The fraction of sp³-hybridized carbons (Fsp3) is 0.214. The molecule has 3 aromatic rings. The van der Waals surface area contributed by atoms with Gasteiger partial charge in [-0.15, -0.1) is 0 Å². The molecular weight excluding hydrogens is 445 g/mol. The number of aromatic nitrogens is 1. The number of methoxy groups -OCH3 is 1. The lowest BCUT2D eigenvalue weighted by molar-refractivity contribution is 0.129. The lowest BCUT2D eigenvalue weighted by Crippen LogP contribution is -2.26. The molecular formula is C28H24FN3O3. The predicted molar refractivity (Wildman–Crippen MR) is 130 cm³/mol. The molecule has 1 aliphatic heterocycles. The summed E-state index contributed by atoms with van der Waals surface area (Å²) in [6, 6.07) is 20.0. The summed E-state index contributed by atoms with van der Waals surface area (Å²) in [6.07, 6.45) is 6.03. The molecule has 0 fully saturated rings. The first-order valence-electron chi connectivity index (χ1n) is 11.4. The second-order valence-electron chi connectivity index (χ2n) is 8.36. The highest BCUT2D eigenvalue weighted by molar-refractivity contribution is 6.04. The largest absolute Gasteiger partial charge is 0.497 e. The Hall–Kier alpha value is -4.31. The van der Waals surface area contributed by atoms with Gasteiger partial charge in [-0.2, -0.15) is 5.26 Å². The fourth-order valence-electron chi connectivity index (χ4n) is 4.48. The molecule has 2 aromatic carbocycles. The minimum Gasteiger partial charge on any atom is -0.497 e. The van der Waals surface area contributed by atoms with E-state index in [1.165, 1.54) is 12.1 Å². The van der Waals surface area contributed by atoms with Crippen LogP contribution < -0.4 is 4.74 Å². The molecule has 0 amide bonds. The third-order valence-electron chi connectivity index (χ3n) is 6.18. The van der Waals surface area contributed by atoms with Crippen molar-refractivity contribution in [3.63, 3.8) is 0 Å². The highest BCUT2D eigenvalue weighted by Crippen LogP contribution is 2.46. The van der Waals surface area contributed by atoms with E-state index in [2.05, 4.69) is 11.2 Å². The van der Waals surface area contributed by atoms with E-state index in [-0.39, 0.29) is 18.3 Å². The van der Waals surface area contributed by atoms with Gasteiger partial charge in [0.25, 0.3) is 0 Å². The number of halogens is 1. The van der Waals surface area contributed by atoms with Crippen molar-refractivity contribution < 1.29 is 18.7 Å². The Morgan fingerprint density at radius 1 is 1.09 bits per heavy atom. The van der Waals surface area contributed by atoms with Gasteiger partial charge in [-0.1, -0.05) is 29.4 Å². The number of allylic oxidation sites excluding steroid dienone is 3. The number of benzene rings is 2. The quantitative estimate of drug-likeness (QED) is 0.406. The van der Waals surface area contributed by atoms with Crippen molar-refractivity contribution in [2.75, 3.05) is 7.11 Å². The fourth-order valence-corrected chi connectivity index (χ4v) is 4.48. The van der Waals surface area contributed by atoms with E-state index in [0.717, 1.165) is 46.8 Å². The summed E-state index contributed by atoms with van der Waals surface area (Å²) >= 11 is 0. The Kier molecular flexibility index (Phi) is 6.36. The maximum Gasteiger partial charge on any atom is 0.218 e. The number of hydrogen-bond acceptors (Lipinski definition) is 5. The zero-order valence-electron chi connectivity index (χ0n) is 19.3. The lowest BCUT2D eigenvalue weighted by Gasteiger charge is -2.33. The maximum atomic E-state index is 13.2. The van der Waals surface area contributed by atoms with Gasteiger partial charge < -0.3 is 14.3 Å². The number of ether oxygens (including phenoxy) is 2. The second kappa shape index (κ2) is 9.90. The summed E-state index contributed by atoms with van der Waals surface area (Å²) in [4.78, 5) is 5.69. The zero-order valence-corrected chi connectivity index (χ0v) is 19.3. The van der Waals surface area contributed by atoms with Crippen LogP contribution in [0.5, 0.6) is 5.75 Å². The molecule has 2 heterocycles. The van der Waals surface area contributed by atoms with Crippen LogP contribution >= 0.6 is 0 Å². The Balaban J connectivity index is 1.55. The summed E-state index contributed by atoms with van der Waals surface area (Å²) in [6.45, 7) is 0.218. The number of oxime groups is 1. The van der Waals surface area contributed by atoms with Crippen molar-refractivity contribution in [1.82, 2.24) is 4.57 Å². The maximum absolute atomic E-state index is 13.2. The third-order valence-corrected chi connectivity index (χ3v) is 6.18. The summed E-state index contributed by atoms with van der Waals surface area (Å²) in [5, 5.41) is 14.7. The molecule has 0 radical (unpaired) electrons. The van der Waals surface area contributed by atoms with Crippen molar-refractivity contribution >= 4 is 11.6 Å². The lowest BCUT2D eigenvalue weighted by atomic mass is 9.77. The third kappa shape index (κ3) is 4.56. The van der Waals surface area contributed by atoms with Crippen LogP contribution in [-0.2, 0) is 16.2 Å². The first-order valence-corrected chi connectivity index (χ1v) is 11.4. The van der Waals surface area contributed by atoms with E-state index in [0.29, 0.717) is 17.9 Å². The highest BCUT2D eigenvalue weighted by Gasteiger charge is 2.38. The summed E-state index contributed by atoms with van der Waals surface area (Å²) in [5.74, 6) is 1.39. The standard InChI is InChI=1S/C28H24FN3O3/c1-33-22-13-9-20(10-14-22)26-23(17-30)28(32-15-2-3-16-32)35-25-6-4-5-24(27(25)26)31-34-18-19-7-11-21(29)12-8-19/h2-3,7-16,26H,4-6,18H2,1H3. The van der Waals surface area contributed by atoms with Gasteiger partial charge in [-0.05, 0) is 60.4 Å². The van der Waals surface area contributed by atoms with Crippen LogP contribution in [0.25, 0.3) is 5.88 Å². The van der Waals surface area contributed by atoms with Crippen LogP contribution in [0.3, 0.4) is 0 Å². The van der Waals surface area contributed by atoms with Crippen molar-refractivity contribution in [1.29, 1.82) is 5.26 Å². The number of hydrogen-bond donors (Lipinski definition) is 0. The molecule has 2 aliphatic rings. The molecule has 0 saturated carbocycles. The topological polar surface area (TPSA) is 68.8 Å². The van der Waals surface area contributed by atoms with Crippen molar-refractivity contribution in [3.05, 3.63) is 107 Å². The second-order valence-corrected chi connectivity index (χ2v) is 8.36. The Morgan fingerprint density at radius 2 is 1.83 bits per heavy atom. The van der Waals surface area contributed by atoms with E-state index >= 15 is 0 Å². The van der Waals surface area contributed by atoms with Crippen LogP contribution in [0.2, 0.25) is 0 Å². The Morgan fingerprint density at radius 3 is 2.51 bits per heavy atom. The number of rotatable bonds is 6. The minimum absolute atomic E-state index is 0.218. The van der Waals surface area contributed by atoms with Crippen molar-refractivity contribution in [2.24, 2.45) is 5.16 Å². The van der Waals surface area contributed by atoms with Gasteiger partial charge in [0.05, 0.1) is 18.7 Å². The van der Waals surface area contributed by atoms with Gasteiger partial charge in [0, 0.05) is 24.4 Å². The molecule has 1 unspecified atom stereocenters. The van der Waals surface area contributed by atoms with Gasteiger partial charge in [0.2, 0.25) is 5.88 Å². The van der Waals surface area contributed by atoms with Crippen molar-refractivity contribution in [3.8, 4) is 11.8 Å². The summed E-state index contributed by atoms with van der Waals surface area (Å²) in [7, 11) is 1.62. The molecule has 1 aliphatic carbocycles. The average molecular weight is 470 g/mol. The first-order chi connectivity index (χ1) is 17.2. The Labute approximate surface area is 203 Å². The molecule has 0 N–H and O–H groups in total. The van der Waals surface area contributed by atoms with Crippen LogP contribution in [0, 0.1) is 17.1 Å². The monoisotopic (exact) mass is 469 g/mol. The number of nitriles is 1. The molecule has 35 heavy (non-hydrogen) atoms. The minimum atomic E-state index is -0.361. The van der Waals surface area contributed by atoms with E-state index in [1.54, 1.807) is 19.2 Å². The molecule has 0 bridgehead atoms. The normalized spacial score (nSPS) is 18.7. The number of nitrogens with zero attached hydrogens (tertiary/aromatic N) is 3. The summed E-state index contributed by atoms with van der Waals surface area (Å²) < 4.78 is 26.7. The molecule has 1 atom stereocenters. The average Bonchev–Trinajstić information content (AvgIpc) is 3.44. The van der Waals surface area contributed by atoms with Crippen LogP contribution in [0.1, 0.15) is 36.3 Å². The van der Waals surface area contributed by atoms with Crippen LogP contribution in [0.15, 0.2) is 95.1 Å². The van der Waals surface area contributed by atoms with Gasteiger partial charge in [-0.25, -0.2) is 4.39 Å². The molecule has 176 valence electrons. The predicted octanol–water partition coefficient (Wildman–Crippen LogP) is 6.15. The highest BCUT2D eigenvalue weighted by atomic mass is 19.1.